The van der Waals surface area contributed by atoms with Crippen LogP contribution in [0.25, 0.3) is 10.9 Å². The zero-order chi connectivity index (χ0) is 14.7. The molecule has 2 aromatic carbocycles. The minimum absolute atomic E-state index is 0.529. The van der Waals surface area contributed by atoms with Crippen LogP contribution in [0.5, 0.6) is 5.75 Å². The highest BCUT2D eigenvalue weighted by molar-refractivity contribution is 7.98. The van der Waals surface area contributed by atoms with Gasteiger partial charge in [0, 0.05) is 10.3 Å². The number of para-hydroxylation sites is 1. The third-order valence-electron chi connectivity index (χ3n) is 3.09. The van der Waals surface area contributed by atoms with Crippen LogP contribution >= 0.6 is 11.8 Å². The number of hydrogen-bond acceptors (Lipinski definition) is 5. The van der Waals surface area contributed by atoms with E-state index in [9.17, 15) is 0 Å². The number of benzene rings is 2. The number of fused-ring (bicyclic) bond motifs is 1. The van der Waals surface area contributed by atoms with E-state index in [1.165, 1.54) is 0 Å². The normalized spacial score (nSPS) is 10.7. The van der Waals surface area contributed by atoms with E-state index in [0.29, 0.717) is 11.6 Å². The van der Waals surface area contributed by atoms with Crippen LogP contribution in [-0.4, -0.2) is 17.1 Å². The molecule has 1 heterocycles. The average molecular weight is 297 g/mol. The summed E-state index contributed by atoms with van der Waals surface area (Å²) in [6.07, 6.45) is 0. The maximum absolute atomic E-state index is 5.99. The molecule has 0 aliphatic heterocycles. The molecule has 0 bridgehead atoms. The van der Waals surface area contributed by atoms with Crippen molar-refractivity contribution in [2.75, 3.05) is 12.8 Å². The molecule has 0 fully saturated rings. The number of rotatable bonds is 4. The van der Waals surface area contributed by atoms with Crippen LogP contribution in [0.1, 0.15) is 5.82 Å². The van der Waals surface area contributed by atoms with Gasteiger partial charge in [-0.3, -0.25) is 0 Å². The summed E-state index contributed by atoms with van der Waals surface area (Å²) in [4.78, 5) is 10.0. The van der Waals surface area contributed by atoms with Gasteiger partial charge in [-0.1, -0.05) is 18.2 Å². The SMILES string of the molecule is COc1cccc(SCc2nc(N)c3ccccc3n2)c1. The van der Waals surface area contributed by atoms with Crippen molar-refractivity contribution in [3.63, 3.8) is 0 Å². The quantitative estimate of drug-likeness (QED) is 0.747. The van der Waals surface area contributed by atoms with Crippen LogP contribution in [0.4, 0.5) is 5.82 Å². The monoisotopic (exact) mass is 297 g/mol. The second kappa shape index (κ2) is 6.01. The van der Waals surface area contributed by atoms with Crippen molar-refractivity contribution in [2.24, 2.45) is 0 Å². The number of hydrogen-bond donors (Lipinski definition) is 1. The second-order valence-electron chi connectivity index (χ2n) is 4.51. The molecule has 3 rings (SSSR count). The van der Waals surface area contributed by atoms with E-state index >= 15 is 0 Å². The largest absolute Gasteiger partial charge is 0.497 e. The highest BCUT2D eigenvalue weighted by Gasteiger charge is 2.05. The van der Waals surface area contributed by atoms with E-state index in [1.807, 2.05) is 48.5 Å². The van der Waals surface area contributed by atoms with E-state index in [2.05, 4.69) is 9.97 Å². The molecule has 0 unspecified atom stereocenters. The maximum Gasteiger partial charge on any atom is 0.141 e. The lowest BCUT2D eigenvalue weighted by atomic mass is 10.2. The van der Waals surface area contributed by atoms with Crippen molar-refractivity contribution >= 4 is 28.5 Å². The first-order valence-electron chi connectivity index (χ1n) is 6.54. The molecule has 3 aromatic rings. The Bertz CT molecular complexity index is 776. The Morgan fingerprint density at radius 3 is 2.81 bits per heavy atom. The summed E-state index contributed by atoms with van der Waals surface area (Å²) in [5, 5.41) is 0.896. The fourth-order valence-electron chi connectivity index (χ4n) is 2.05. The number of thioether (sulfide) groups is 1. The zero-order valence-corrected chi connectivity index (χ0v) is 12.4. The maximum atomic E-state index is 5.99. The molecule has 0 radical (unpaired) electrons. The van der Waals surface area contributed by atoms with E-state index in [1.54, 1.807) is 18.9 Å². The Morgan fingerprint density at radius 2 is 1.95 bits per heavy atom. The average Bonchev–Trinajstić information content (AvgIpc) is 2.53. The standard InChI is InChI=1S/C16H15N3OS/c1-20-11-5-4-6-12(9-11)21-10-15-18-14-8-3-2-7-13(14)16(17)19-15/h2-9H,10H2,1H3,(H2,17,18,19). The Balaban J connectivity index is 1.81. The highest BCUT2D eigenvalue weighted by atomic mass is 32.2. The van der Waals surface area contributed by atoms with Crippen molar-refractivity contribution in [3.8, 4) is 5.75 Å². The van der Waals surface area contributed by atoms with Crippen LogP contribution in [0.15, 0.2) is 53.4 Å². The van der Waals surface area contributed by atoms with Crippen LogP contribution < -0.4 is 10.5 Å². The van der Waals surface area contributed by atoms with Gasteiger partial charge in [-0.2, -0.15) is 0 Å². The van der Waals surface area contributed by atoms with Gasteiger partial charge in [0.2, 0.25) is 0 Å². The van der Waals surface area contributed by atoms with Crippen LogP contribution in [-0.2, 0) is 5.75 Å². The van der Waals surface area contributed by atoms with Gasteiger partial charge in [-0.15, -0.1) is 11.8 Å². The summed E-state index contributed by atoms with van der Waals surface area (Å²) in [5.74, 6) is 2.78. The summed E-state index contributed by atoms with van der Waals surface area (Å²) in [6, 6.07) is 15.7. The molecule has 106 valence electrons. The van der Waals surface area contributed by atoms with Gasteiger partial charge in [0.15, 0.2) is 0 Å². The van der Waals surface area contributed by atoms with Crippen molar-refractivity contribution in [2.45, 2.75) is 10.6 Å². The fourth-order valence-corrected chi connectivity index (χ4v) is 2.85. The Hall–Kier alpha value is -2.27. The van der Waals surface area contributed by atoms with Gasteiger partial charge in [0.05, 0.1) is 18.4 Å². The van der Waals surface area contributed by atoms with Gasteiger partial charge >= 0.3 is 0 Å². The Kier molecular flexibility index (Phi) is 3.92. The third-order valence-corrected chi connectivity index (χ3v) is 4.08. The lowest BCUT2D eigenvalue weighted by molar-refractivity contribution is 0.413. The Labute approximate surface area is 127 Å². The zero-order valence-electron chi connectivity index (χ0n) is 11.6. The van der Waals surface area contributed by atoms with Gasteiger partial charge in [0.1, 0.15) is 17.4 Å². The minimum Gasteiger partial charge on any atom is -0.497 e. The summed E-state index contributed by atoms with van der Waals surface area (Å²) < 4.78 is 5.22. The molecule has 0 aliphatic rings. The van der Waals surface area contributed by atoms with Crippen molar-refractivity contribution in [1.29, 1.82) is 0 Å². The molecule has 1 aromatic heterocycles. The van der Waals surface area contributed by atoms with Crippen molar-refractivity contribution in [3.05, 3.63) is 54.4 Å². The first-order valence-corrected chi connectivity index (χ1v) is 7.53. The smallest absolute Gasteiger partial charge is 0.141 e. The molecule has 0 spiro atoms. The first kappa shape index (κ1) is 13.7. The van der Waals surface area contributed by atoms with E-state index in [4.69, 9.17) is 10.5 Å². The van der Waals surface area contributed by atoms with Gasteiger partial charge in [0.25, 0.3) is 0 Å². The number of nitrogen functional groups attached to an aromatic ring is 1. The van der Waals surface area contributed by atoms with Gasteiger partial charge < -0.3 is 10.5 Å². The molecule has 0 aliphatic carbocycles. The number of nitrogens with zero attached hydrogens (tertiary/aromatic N) is 2. The highest BCUT2D eigenvalue weighted by Crippen LogP contribution is 2.26. The number of aromatic nitrogens is 2. The number of methoxy groups -OCH3 is 1. The number of ether oxygens (including phenoxy) is 1. The van der Waals surface area contributed by atoms with Crippen LogP contribution in [0.3, 0.4) is 0 Å². The molecular formula is C16H15N3OS. The first-order chi connectivity index (χ1) is 10.3. The second-order valence-corrected chi connectivity index (χ2v) is 5.56. The molecule has 0 saturated heterocycles. The number of anilines is 1. The Morgan fingerprint density at radius 1 is 1.10 bits per heavy atom. The predicted molar refractivity (Wildman–Crippen MR) is 86.5 cm³/mol. The van der Waals surface area contributed by atoms with E-state index in [0.717, 1.165) is 27.4 Å². The summed E-state index contributed by atoms with van der Waals surface area (Å²) in [7, 11) is 1.66. The summed E-state index contributed by atoms with van der Waals surface area (Å²) >= 11 is 1.66. The lowest BCUT2D eigenvalue weighted by Gasteiger charge is -2.06. The van der Waals surface area contributed by atoms with Crippen LogP contribution in [0, 0.1) is 0 Å². The van der Waals surface area contributed by atoms with Gasteiger partial charge in [-0.05, 0) is 30.3 Å². The fraction of sp³-hybridized carbons (Fsp3) is 0.125. The molecule has 4 nitrogen and oxygen atoms in total. The number of nitrogens with two attached hydrogens (primary N) is 1. The molecule has 0 amide bonds. The lowest BCUT2D eigenvalue weighted by Crippen LogP contribution is -1.99. The summed E-state index contributed by atoms with van der Waals surface area (Å²) in [5.41, 5.74) is 6.87. The molecular weight excluding hydrogens is 282 g/mol. The van der Waals surface area contributed by atoms with Crippen molar-refractivity contribution < 1.29 is 4.74 Å². The van der Waals surface area contributed by atoms with Crippen molar-refractivity contribution in [1.82, 2.24) is 9.97 Å². The molecule has 0 atom stereocenters. The topological polar surface area (TPSA) is 61.0 Å². The van der Waals surface area contributed by atoms with E-state index < -0.39 is 0 Å². The third kappa shape index (κ3) is 3.08. The van der Waals surface area contributed by atoms with Gasteiger partial charge in [-0.25, -0.2) is 9.97 Å². The van der Waals surface area contributed by atoms with Crippen LogP contribution in [0.2, 0.25) is 0 Å². The molecule has 21 heavy (non-hydrogen) atoms. The molecule has 0 saturated carbocycles. The molecule has 5 heteroatoms. The minimum atomic E-state index is 0.529. The summed E-state index contributed by atoms with van der Waals surface area (Å²) in [6.45, 7) is 0. The van der Waals surface area contributed by atoms with E-state index in [-0.39, 0.29) is 0 Å². The molecule has 2 N–H and O–H groups in total. The predicted octanol–water partition coefficient (Wildman–Crippen LogP) is 3.51.